The first-order chi connectivity index (χ1) is 7.70. The Balaban J connectivity index is 2.50. The first kappa shape index (κ1) is 10.6. The molecule has 3 nitrogen and oxygen atoms in total. The normalized spacial score (nSPS) is 10.2. The van der Waals surface area contributed by atoms with Crippen LogP contribution in [0.4, 0.5) is 5.69 Å². The fourth-order valence-electron chi connectivity index (χ4n) is 1.62. The van der Waals surface area contributed by atoms with Gasteiger partial charge in [-0.1, -0.05) is 6.07 Å². The Morgan fingerprint density at radius 2 is 1.75 bits per heavy atom. The fraction of sp³-hybridized carbons (Fsp3) is 0.231. The predicted molar refractivity (Wildman–Crippen MR) is 66.5 cm³/mol. The highest BCUT2D eigenvalue weighted by Gasteiger charge is 2.03. The highest BCUT2D eigenvalue weighted by atomic mass is 14.8. The molecule has 1 aromatic heterocycles. The molecule has 1 heterocycles. The second kappa shape index (κ2) is 4.31. The molecule has 0 unspecified atom stereocenters. The zero-order valence-electron chi connectivity index (χ0n) is 9.78. The maximum absolute atomic E-state index is 4.22. The number of hydrogen-bond donors (Lipinski definition) is 1. The van der Waals surface area contributed by atoms with E-state index in [2.05, 4.69) is 40.4 Å². The molecular formula is C13H15N3. The number of nitrogens with zero attached hydrogens (tertiary/aromatic N) is 2. The molecule has 0 radical (unpaired) electrons. The highest BCUT2D eigenvalue weighted by Crippen LogP contribution is 2.25. The smallest absolute Gasteiger partial charge is 0.125 e. The summed E-state index contributed by atoms with van der Waals surface area (Å²) >= 11 is 0. The van der Waals surface area contributed by atoms with Crippen molar-refractivity contribution in [3.63, 3.8) is 0 Å². The molecule has 0 saturated carbocycles. The summed E-state index contributed by atoms with van der Waals surface area (Å²) in [5.41, 5.74) is 4.56. The molecule has 0 amide bonds. The van der Waals surface area contributed by atoms with Gasteiger partial charge >= 0.3 is 0 Å². The lowest BCUT2D eigenvalue weighted by Crippen LogP contribution is -1.92. The van der Waals surface area contributed by atoms with Crippen LogP contribution in [0.15, 0.2) is 30.6 Å². The van der Waals surface area contributed by atoms with Gasteiger partial charge in [0.1, 0.15) is 5.82 Å². The van der Waals surface area contributed by atoms with Crippen molar-refractivity contribution in [1.82, 2.24) is 9.97 Å². The van der Waals surface area contributed by atoms with Gasteiger partial charge in [0, 0.05) is 30.7 Å². The van der Waals surface area contributed by atoms with Crippen molar-refractivity contribution in [2.45, 2.75) is 13.8 Å². The summed E-state index contributed by atoms with van der Waals surface area (Å²) in [6, 6.07) is 6.28. The van der Waals surface area contributed by atoms with Gasteiger partial charge in [-0.3, -0.25) is 0 Å². The molecular weight excluding hydrogens is 198 g/mol. The van der Waals surface area contributed by atoms with Crippen LogP contribution in [0.1, 0.15) is 11.4 Å². The minimum absolute atomic E-state index is 0.797. The minimum atomic E-state index is 0.797. The second-order valence-corrected chi connectivity index (χ2v) is 3.80. The number of aryl methyl sites for hydroxylation is 2. The van der Waals surface area contributed by atoms with Gasteiger partial charge in [0.25, 0.3) is 0 Å². The standard InChI is InChI=1S/C13H15N3/c1-9-4-5-12(14-3)6-13(9)11-7-15-10(2)16-8-11/h4-8,14H,1-3H3. The van der Waals surface area contributed by atoms with E-state index in [0.717, 1.165) is 17.1 Å². The van der Waals surface area contributed by atoms with Crippen LogP contribution in [0, 0.1) is 13.8 Å². The van der Waals surface area contributed by atoms with Gasteiger partial charge in [0.2, 0.25) is 0 Å². The van der Waals surface area contributed by atoms with Crippen molar-refractivity contribution in [2.75, 3.05) is 12.4 Å². The zero-order valence-corrected chi connectivity index (χ0v) is 9.78. The summed E-state index contributed by atoms with van der Waals surface area (Å²) < 4.78 is 0. The van der Waals surface area contributed by atoms with E-state index in [4.69, 9.17) is 0 Å². The van der Waals surface area contributed by atoms with Crippen LogP contribution in [-0.2, 0) is 0 Å². The number of nitrogens with one attached hydrogen (secondary N) is 1. The molecule has 3 heteroatoms. The maximum atomic E-state index is 4.22. The van der Waals surface area contributed by atoms with Crippen LogP contribution < -0.4 is 5.32 Å². The molecule has 0 atom stereocenters. The molecule has 1 aromatic carbocycles. The van der Waals surface area contributed by atoms with Gasteiger partial charge in [0.05, 0.1) is 0 Å². The van der Waals surface area contributed by atoms with Crippen molar-refractivity contribution < 1.29 is 0 Å². The molecule has 0 saturated heterocycles. The van der Waals surface area contributed by atoms with Gasteiger partial charge in [-0.2, -0.15) is 0 Å². The van der Waals surface area contributed by atoms with Crippen molar-refractivity contribution >= 4 is 5.69 Å². The molecule has 82 valence electrons. The van der Waals surface area contributed by atoms with E-state index in [0.29, 0.717) is 0 Å². The number of benzene rings is 1. The molecule has 2 aromatic rings. The lowest BCUT2D eigenvalue weighted by atomic mass is 10.0. The number of rotatable bonds is 2. The minimum Gasteiger partial charge on any atom is -0.388 e. The van der Waals surface area contributed by atoms with Crippen molar-refractivity contribution in [2.24, 2.45) is 0 Å². The average molecular weight is 213 g/mol. The van der Waals surface area contributed by atoms with E-state index in [-0.39, 0.29) is 0 Å². The third-order valence-electron chi connectivity index (χ3n) is 2.62. The summed E-state index contributed by atoms with van der Waals surface area (Å²) in [6.45, 7) is 3.98. The van der Waals surface area contributed by atoms with Gasteiger partial charge < -0.3 is 5.32 Å². The summed E-state index contributed by atoms with van der Waals surface area (Å²) in [4.78, 5) is 8.44. The summed E-state index contributed by atoms with van der Waals surface area (Å²) in [7, 11) is 1.92. The molecule has 0 aliphatic heterocycles. The monoisotopic (exact) mass is 213 g/mol. The Bertz CT molecular complexity index is 489. The third kappa shape index (κ3) is 2.03. The Morgan fingerprint density at radius 1 is 1.06 bits per heavy atom. The highest BCUT2D eigenvalue weighted by molar-refractivity contribution is 5.70. The Labute approximate surface area is 95.6 Å². The van der Waals surface area contributed by atoms with Gasteiger partial charge in [0.15, 0.2) is 0 Å². The summed E-state index contributed by atoms with van der Waals surface area (Å²) in [6.07, 6.45) is 3.73. The fourth-order valence-corrected chi connectivity index (χ4v) is 1.62. The molecule has 0 spiro atoms. The van der Waals surface area contributed by atoms with E-state index in [1.54, 1.807) is 0 Å². The van der Waals surface area contributed by atoms with Crippen molar-refractivity contribution in [3.05, 3.63) is 42.0 Å². The quantitative estimate of drug-likeness (QED) is 0.833. The first-order valence-corrected chi connectivity index (χ1v) is 5.28. The van der Waals surface area contributed by atoms with Crippen LogP contribution in [-0.4, -0.2) is 17.0 Å². The van der Waals surface area contributed by atoms with E-state index in [1.165, 1.54) is 11.1 Å². The zero-order chi connectivity index (χ0) is 11.5. The SMILES string of the molecule is CNc1ccc(C)c(-c2cnc(C)nc2)c1. The molecule has 0 fully saturated rings. The molecule has 16 heavy (non-hydrogen) atoms. The molecule has 0 bridgehead atoms. The summed E-state index contributed by atoms with van der Waals surface area (Å²) in [5.74, 6) is 0.797. The lowest BCUT2D eigenvalue weighted by Gasteiger charge is -2.08. The number of aromatic nitrogens is 2. The topological polar surface area (TPSA) is 37.8 Å². The first-order valence-electron chi connectivity index (χ1n) is 5.28. The molecule has 0 aliphatic rings. The van der Waals surface area contributed by atoms with Gasteiger partial charge in [-0.05, 0) is 37.1 Å². The number of anilines is 1. The van der Waals surface area contributed by atoms with E-state index in [9.17, 15) is 0 Å². The average Bonchev–Trinajstić information content (AvgIpc) is 2.31. The summed E-state index contributed by atoms with van der Waals surface area (Å²) in [5, 5.41) is 3.13. The van der Waals surface area contributed by atoms with Crippen molar-refractivity contribution in [3.8, 4) is 11.1 Å². The van der Waals surface area contributed by atoms with Gasteiger partial charge in [-0.25, -0.2) is 9.97 Å². The Hall–Kier alpha value is -1.90. The van der Waals surface area contributed by atoms with Crippen LogP contribution in [0.2, 0.25) is 0 Å². The van der Waals surface area contributed by atoms with Crippen LogP contribution in [0.3, 0.4) is 0 Å². The lowest BCUT2D eigenvalue weighted by molar-refractivity contribution is 1.05. The van der Waals surface area contributed by atoms with Gasteiger partial charge in [-0.15, -0.1) is 0 Å². The third-order valence-corrected chi connectivity index (χ3v) is 2.62. The Kier molecular flexibility index (Phi) is 2.86. The van der Waals surface area contributed by atoms with E-state index in [1.807, 2.05) is 26.4 Å². The van der Waals surface area contributed by atoms with Crippen LogP contribution in [0.25, 0.3) is 11.1 Å². The molecule has 1 N–H and O–H groups in total. The van der Waals surface area contributed by atoms with E-state index >= 15 is 0 Å². The van der Waals surface area contributed by atoms with Crippen LogP contribution in [0.5, 0.6) is 0 Å². The Morgan fingerprint density at radius 3 is 2.38 bits per heavy atom. The number of hydrogen-bond acceptors (Lipinski definition) is 3. The molecule has 0 aliphatic carbocycles. The van der Waals surface area contributed by atoms with Crippen LogP contribution >= 0.6 is 0 Å². The predicted octanol–water partition coefficient (Wildman–Crippen LogP) is 2.80. The molecule has 2 rings (SSSR count). The maximum Gasteiger partial charge on any atom is 0.125 e. The van der Waals surface area contributed by atoms with Crippen molar-refractivity contribution in [1.29, 1.82) is 0 Å². The van der Waals surface area contributed by atoms with E-state index < -0.39 is 0 Å². The largest absolute Gasteiger partial charge is 0.388 e. The second-order valence-electron chi connectivity index (χ2n) is 3.80.